The number of nitrogens with zero attached hydrogens (tertiary/aromatic N) is 2. The van der Waals surface area contributed by atoms with E-state index in [1.54, 1.807) is 24.1 Å². The van der Waals surface area contributed by atoms with Crippen molar-refractivity contribution >= 4 is 11.9 Å². The molecule has 0 saturated heterocycles. The van der Waals surface area contributed by atoms with Crippen LogP contribution in [0, 0.1) is 5.41 Å². The molecule has 6 heteroatoms. The molecule has 88 valence electrons. The minimum atomic E-state index is -1.46. The molecule has 0 radical (unpaired) electrons. The van der Waals surface area contributed by atoms with Crippen LogP contribution in [0.1, 0.15) is 12.5 Å². The third-order valence-electron chi connectivity index (χ3n) is 2.52. The third-order valence-corrected chi connectivity index (χ3v) is 2.52. The normalized spacial score (nSPS) is 14.2. The molecule has 6 nitrogen and oxygen atoms in total. The van der Waals surface area contributed by atoms with E-state index < -0.39 is 17.3 Å². The number of aliphatic carboxylic acids is 1. The van der Waals surface area contributed by atoms with Crippen molar-refractivity contribution < 1.29 is 14.7 Å². The van der Waals surface area contributed by atoms with E-state index in [-0.39, 0.29) is 6.42 Å². The molecule has 0 aliphatic rings. The summed E-state index contributed by atoms with van der Waals surface area (Å²) in [5.41, 5.74) is -0.742. The lowest BCUT2D eigenvalue weighted by molar-refractivity contribution is -0.154. The first-order valence-corrected chi connectivity index (χ1v) is 4.83. The van der Waals surface area contributed by atoms with Gasteiger partial charge in [0, 0.05) is 26.7 Å². The van der Waals surface area contributed by atoms with Crippen LogP contribution in [0.15, 0.2) is 12.4 Å². The monoisotopic (exact) mass is 225 g/mol. The van der Waals surface area contributed by atoms with Crippen LogP contribution in [-0.4, -0.2) is 33.8 Å². The number of hydrogen-bond acceptors (Lipinski definition) is 3. The number of rotatable bonds is 4. The van der Waals surface area contributed by atoms with E-state index in [2.05, 4.69) is 10.4 Å². The first kappa shape index (κ1) is 12.2. The van der Waals surface area contributed by atoms with Crippen molar-refractivity contribution in [3.63, 3.8) is 0 Å². The van der Waals surface area contributed by atoms with Crippen LogP contribution < -0.4 is 5.32 Å². The van der Waals surface area contributed by atoms with Crippen LogP contribution >= 0.6 is 0 Å². The first-order valence-electron chi connectivity index (χ1n) is 4.83. The van der Waals surface area contributed by atoms with Gasteiger partial charge in [-0.3, -0.25) is 14.3 Å². The average Bonchev–Trinajstić information content (AvgIpc) is 2.62. The molecule has 0 bridgehead atoms. The zero-order valence-electron chi connectivity index (χ0n) is 9.52. The molecule has 1 unspecified atom stereocenters. The maximum atomic E-state index is 11.6. The van der Waals surface area contributed by atoms with Gasteiger partial charge < -0.3 is 10.4 Å². The highest BCUT2D eigenvalue weighted by atomic mass is 16.4. The third kappa shape index (κ3) is 2.21. The number of amides is 1. The van der Waals surface area contributed by atoms with E-state index in [4.69, 9.17) is 5.11 Å². The van der Waals surface area contributed by atoms with Crippen LogP contribution in [0.3, 0.4) is 0 Å². The van der Waals surface area contributed by atoms with Gasteiger partial charge >= 0.3 is 5.97 Å². The Morgan fingerprint density at radius 3 is 2.62 bits per heavy atom. The lowest BCUT2D eigenvalue weighted by Crippen LogP contribution is -2.44. The maximum absolute atomic E-state index is 11.6. The van der Waals surface area contributed by atoms with E-state index in [1.165, 1.54) is 14.0 Å². The summed E-state index contributed by atoms with van der Waals surface area (Å²) in [5.74, 6) is -1.65. The van der Waals surface area contributed by atoms with Gasteiger partial charge in [0.25, 0.3) is 0 Å². The Kier molecular flexibility index (Phi) is 3.31. The van der Waals surface area contributed by atoms with Crippen molar-refractivity contribution in [3.8, 4) is 0 Å². The van der Waals surface area contributed by atoms with Crippen LogP contribution in [0.2, 0.25) is 0 Å². The van der Waals surface area contributed by atoms with E-state index >= 15 is 0 Å². The molecule has 0 fully saturated rings. The lowest BCUT2D eigenvalue weighted by Gasteiger charge is -2.21. The van der Waals surface area contributed by atoms with Gasteiger partial charge in [0.1, 0.15) is 5.41 Å². The summed E-state index contributed by atoms with van der Waals surface area (Å²) in [6, 6.07) is 0. The van der Waals surface area contributed by atoms with Crippen molar-refractivity contribution in [2.45, 2.75) is 13.3 Å². The molecule has 16 heavy (non-hydrogen) atoms. The van der Waals surface area contributed by atoms with Crippen molar-refractivity contribution in [3.05, 3.63) is 18.0 Å². The van der Waals surface area contributed by atoms with Crippen molar-refractivity contribution in [2.24, 2.45) is 12.5 Å². The van der Waals surface area contributed by atoms with Crippen LogP contribution in [0.5, 0.6) is 0 Å². The molecular formula is C10H15N3O3. The molecule has 1 aromatic heterocycles. The summed E-state index contributed by atoms with van der Waals surface area (Å²) in [7, 11) is 3.16. The zero-order valence-corrected chi connectivity index (χ0v) is 9.52. The van der Waals surface area contributed by atoms with E-state index in [1.807, 2.05) is 0 Å². The SMILES string of the molecule is CNC(=O)C(C)(Cc1cnn(C)c1)C(=O)O. The highest BCUT2D eigenvalue weighted by Crippen LogP contribution is 2.23. The fraction of sp³-hybridized carbons (Fsp3) is 0.500. The van der Waals surface area contributed by atoms with E-state index in [9.17, 15) is 9.59 Å². The summed E-state index contributed by atoms with van der Waals surface area (Å²) in [4.78, 5) is 22.7. The van der Waals surface area contributed by atoms with Gasteiger partial charge in [-0.15, -0.1) is 0 Å². The molecule has 1 amide bonds. The van der Waals surface area contributed by atoms with Crippen LogP contribution in [-0.2, 0) is 23.1 Å². The molecule has 0 aliphatic carbocycles. The summed E-state index contributed by atoms with van der Waals surface area (Å²) < 4.78 is 1.57. The molecule has 1 heterocycles. The van der Waals surface area contributed by atoms with Crippen LogP contribution in [0.4, 0.5) is 0 Å². The van der Waals surface area contributed by atoms with Gasteiger partial charge in [-0.1, -0.05) is 0 Å². The van der Waals surface area contributed by atoms with Crippen molar-refractivity contribution in [1.29, 1.82) is 0 Å². The molecule has 0 spiro atoms. The molecule has 2 N–H and O–H groups in total. The molecule has 1 atom stereocenters. The minimum Gasteiger partial charge on any atom is -0.480 e. The number of carbonyl (C=O) groups excluding carboxylic acids is 1. The van der Waals surface area contributed by atoms with Gasteiger partial charge in [-0.25, -0.2) is 0 Å². The number of aromatic nitrogens is 2. The standard InChI is InChI=1S/C10H15N3O3/c1-10(9(15)16,8(14)11-2)4-7-5-12-13(3)6-7/h5-6H,4H2,1-3H3,(H,11,14)(H,15,16). The smallest absolute Gasteiger partial charge is 0.319 e. The summed E-state index contributed by atoms with van der Waals surface area (Å²) in [5, 5.41) is 15.4. The fourth-order valence-electron chi connectivity index (χ4n) is 1.50. The Balaban J connectivity index is 2.96. The quantitative estimate of drug-likeness (QED) is 0.695. The predicted octanol–water partition coefficient (Wildman–Crippen LogP) is -0.200. The number of carbonyl (C=O) groups is 2. The largest absolute Gasteiger partial charge is 0.480 e. The topological polar surface area (TPSA) is 84.2 Å². The van der Waals surface area contributed by atoms with Crippen molar-refractivity contribution in [2.75, 3.05) is 7.05 Å². The number of hydrogen-bond donors (Lipinski definition) is 2. The molecule has 0 aliphatic heterocycles. The Morgan fingerprint density at radius 2 is 2.25 bits per heavy atom. The second-order valence-corrected chi connectivity index (χ2v) is 3.92. The summed E-state index contributed by atoms with van der Waals surface area (Å²) >= 11 is 0. The molecular weight excluding hydrogens is 210 g/mol. The molecule has 0 aromatic carbocycles. The fourth-order valence-corrected chi connectivity index (χ4v) is 1.50. The van der Waals surface area contributed by atoms with Crippen LogP contribution in [0.25, 0.3) is 0 Å². The van der Waals surface area contributed by atoms with Gasteiger partial charge in [0.15, 0.2) is 0 Å². The molecule has 0 saturated carbocycles. The number of nitrogens with one attached hydrogen (secondary N) is 1. The highest BCUT2D eigenvalue weighted by molar-refractivity contribution is 6.01. The number of carboxylic acids is 1. The Bertz CT molecular complexity index is 413. The summed E-state index contributed by atoms with van der Waals surface area (Å²) in [6.45, 7) is 1.40. The molecule has 1 aromatic rings. The minimum absolute atomic E-state index is 0.121. The van der Waals surface area contributed by atoms with Gasteiger partial charge in [0.05, 0.1) is 6.20 Å². The van der Waals surface area contributed by atoms with Crippen molar-refractivity contribution in [1.82, 2.24) is 15.1 Å². The second kappa shape index (κ2) is 4.34. The first-order chi connectivity index (χ1) is 7.40. The highest BCUT2D eigenvalue weighted by Gasteiger charge is 2.41. The van der Waals surface area contributed by atoms with Gasteiger partial charge in [-0.05, 0) is 12.5 Å². The Morgan fingerprint density at radius 1 is 1.62 bits per heavy atom. The number of aryl methyl sites for hydroxylation is 1. The van der Waals surface area contributed by atoms with Gasteiger partial charge in [-0.2, -0.15) is 5.10 Å². The summed E-state index contributed by atoms with van der Waals surface area (Å²) in [6.07, 6.45) is 3.38. The maximum Gasteiger partial charge on any atom is 0.319 e. The van der Waals surface area contributed by atoms with E-state index in [0.717, 1.165) is 5.56 Å². The Hall–Kier alpha value is -1.85. The average molecular weight is 225 g/mol. The lowest BCUT2D eigenvalue weighted by atomic mass is 9.83. The Labute approximate surface area is 93.3 Å². The zero-order chi connectivity index (χ0) is 12.3. The second-order valence-electron chi connectivity index (χ2n) is 3.92. The number of carboxylic acid groups (broad SMARTS) is 1. The predicted molar refractivity (Wildman–Crippen MR) is 56.7 cm³/mol. The molecule has 1 rings (SSSR count). The van der Waals surface area contributed by atoms with Gasteiger partial charge in [0.2, 0.25) is 5.91 Å². The van der Waals surface area contributed by atoms with E-state index in [0.29, 0.717) is 0 Å².